The number of guanidine groups is 1. The monoisotopic (exact) mass is 299 g/mol. The van der Waals surface area contributed by atoms with Crippen molar-refractivity contribution in [2.24, 2.45) is 4.99 Å². The number of hydrogen-bond donors (Lipinski definition) is 2. The first-order valence-corrected chi connectivity index (χ1v) is 7.54. The maximum atomic E-state index is 11.6. The number of para-hydroxylation sites is 1. The summed E-state index contributed by atoms with van der Waals surface area (Å²) in [6.45, 7) is 1.92. The van der Waals surface area contributed by atoms with Gasteiger partial charge < -0.3 is 15.5 Å². The lowest BCUT2D eigenvalue weighted by atomic mass is 10.1. The van der Waals surface area contributed by atoms with Crippen LogP contribution >= 0.6 is 0 Å². The average Bonchev–Trinajstić information content (AvgIpc) is 2.58. The molecule has 1 amide bonds. The van der Waals surface area contributed by atoms with Gasteiger partial charge in [-0.25, -0.2) is 4.99 Å². The molecule has 22 heavy (non-hydrogen) atoms. The largest absolute Gasteiger partial charge is 0.343 e. The average molecular weight is 299 g/mol. The second kappa shape index (κ2) is 8.67. The van der Waals surface area contributed by atoms with Crippen molar-refractivity contribution in [3.63, 3.8) is 0 Å². The van der Waals surface area contributed by atoms with Gasteiger partial charge in [-0.3, -0.25) is 4.79 Å². The number of nitriles is 1. The Morgan fingerprint density at radius 2 is 1.95 bits per heavy atom. The van der Waals surface area contributed by atoms with Crippen molar-refractivity contribution >= 4 is 17.6 Å². The standard InChI is InChI=1S/C16H21N5O/c17-9-10-18-15(22)13-19-16(21-11-5-2-6-12-21)20-14-7-3-1-4-8-14/h1,3-4,7-8H,2,5-6,10-13H2,(H,18,22)(H,19,20). The summed E-state index contributed by atoms with van der Waals surface area (Å²) in [5.74, 6) is 0.476. The van der Waals surface area contributed by atoms with E-state index in [0.717, 1.165) is 37.6 Å². The summed E-state index contributed by atoms with van der Waals surface area (Å²) in [6, 6.07) is 11.7. The number of amides is 1. The smallest absolute Gasteiger partial charge is 0.242 e. The predicted molar refractivity (Wildman–Crippen MR) is 86.4 cm³/mol. The van der Waals surface area contributed by atoms with E-state index in [2.05, 4.69) is 20.5 Å². The molecule has 2 N–H and O–H groups in total. The van der Waals surface area contributed by atoms with Gasteiger partial charge in [0, 0.05) is 18.8 Å². The number of piperidine rings is 1. The van der Waals surface area contributed by atoms with Gasteiger partial charge in [0.15, 0.2) is 5.96 Å². The number of benzene rings is 1. The molecule has 2 rings (SSSR count). The molecule has 1 aromatic carbocycles. The Morgan fingerprint density at radius 1 is 1.23 bits per heavy atom. The van der Waals surface area contributed by atoms with Crippen LogP contribution in [0.2, 0.25) is 0 Å². The highest BCUT2D eigenvalue weighted by atomic mass is 16.1. The lowest BCUT2D eigenvalue weighted by Crippen LogP contribution is -2.41. The van der Waals surface area contributed by atoms with E-state index in [1.807, 2.05) is 36.4 Å². The molecule has 0 spiro atoms. The Hall–Kier alpha value is -2.55. The topological polar surface area (TPSA) is 80.5 Å². The van der Waals surface area contributed by atoms with Gasteiger partial charge in [0.05, 0.1) is 6.07 Å². The molecule has 0 radical (unpaired) electrons. The molecule has 1 aliphatic rings. The summed E-state index contributed by atoms with van der Waals surface area (Å²) in [6.07, 6.45) is 3.50. The molecule has 0 aliphatic carbocycles. The van der Waals surface area contributed by atoms with Crippen LogP contribution in [0.1, 0.15) is 19.3 Å². The van der Waals surface area contributed by atoms with Crippen LogP contribution < -0.4 is 10.6 Å². The summed E-state index contributed by atoms with van der Waals surface area (Å²) in [5, 5.41) is 14.3. The van der Waals surface area contributed by atoms with E-state index in [4.69, 9.17) is 5.26 Å². The number of nitrogens with zero attached hydrogens (tertiary/aromatic N) is 3. The third-order valence-corrected chi connectivity index (χ3v) is 3.42. The van der Waals surface area contributed by atoms with Crippen LogP contribution in [0, 0.1) is 11.3 Å². The van der Waals surface area contributed by atoms with Crippen molar-refractivity contribution in [1.82, 2.24) is 10.2 Å². The SMILES string of the molecule is N#CCNC(=O)CN=C(Nc1ccccc1)N1CCCCC1. The lowest BCUT2D eigenvalue weighted by molar-refractivity contribution is -0.119. The number of rotatable bonds is 4. The minimum absolute atomic E-state index is 0.0134. The maximum absolute atomic E-state index is 11.6. The van der Waals surface area contributed by atoms with E-state index in [0.29, 0.717) is 0 Å². The molecule has 116 valence electrons. The van der Waals surface area contributed by atoms with Crippen molar-refractivity contribution in [1.29, 1.82) is 5.26 Å². The molecular formula is C16H21N5O. The van der Waals surface area contributed by atoms with E-state index in [-0.39, 0.29) is 19.0 Å². The predicted octanol–water partition coefficient (Wildman–Crippen LogP) is 1.58. The van der Waals surface area contributed by atoms with Crippen molar-refractivity contribution in [3.8, 4) is 6.07 Å². The van der Waals surface area contributed by atoms with Gasteiger partial charge in [-0.2, -0.15) is 5.26 Å². The Labute approximate surface area is 130 Å². The number of carbonyl (C=O) groups excluding carboxylic acids is 1. The number of aliphatic imine (C=N–C) groups is 1. The summed E-state index contributed by atoms with van der Waals surface area (Å²) >= 11 is 0. The molecular weight excluding hydrogens is 278 g/mol. The number of likely N-dealkylation sites (tertiary alicyclic amines) is 1. The molecule has 6 nitrogen and oxygen atoms in total. The van der Waals surface area contributed by atoms with Crippen LogP contribution in [-0.4, -0.2) is 42.9 Å². The van der Waals surface area contributed by atoms with Crippen LogP contribution in [0.5, 0.6) is 0 Å². The highest BCUT2D eigenvalue weighted by Crippen LogP contribution is 2.12. The second-order valence-electron chi connectivity index (χ2n) is 5.11. The number of nitrogens with one attached hydrogen (secondary N) is 2. The number of anilines is 1. The van der Waals surface area contributed by atoms with Gasteiger partial charge in [0.1, 0.15) is 13.1 Å². The van der Waals surface area contributed by atoms with Gasteiger partial charge in [-0.1, -0.05) is 18.2 Å². The molecule has 1 saturated heterocycles. The van der Waals surface area contributed by atoms with Gasteiger partial charge >= 0.3 is 0 Å². The molecule has 0 saturated carbocycles. The Bertz CT molecular complexity index is 543. The molecule has 1 heterocycles. The van der Waals surface area contributed by atoms with Crippen LogP contribution in [-0.2, 0) is 4.79 Å². The quantitative estimate of drug-likeness (QED) is 0.502. The van der Waals surface area contributed by atoms with Crippen molar-refractivity contribution in [2.45, 2.75) is 19.3 Å². The Balaban J connectivity index is 2.03. The van der Waals surface area contributed by atoms with Crippen molar-refractivity contribution in [3.05, 3.63) is 30.3 Å². The molecule has 0 atom stereocenters. The van der Waals surface area contributed by atoms with E-state index in [9.17, 15) is 4.79 Å². The van der Waals surface area contributed by atoms with E-state index in [1.54, 1.807) is 0 Å². The highest BCUT2D eigenvalue weighted by Gasteiger charge is 2.15. The summed E-state index contributed by atoms with van der Waals surface area (Å²) in [4.78, 5) is 18.2. The van der Waals surface area contributed by atoms with Gasteiger partial charge in [0.2, 0.25) is 5.91 Å². The third-order valence-electron chi connectivity index (χ3n) is 3.42. The van der Waals surface area contributed by atoms with Crippen LogP contribution in [0.3, 0.4) is 0 Å². The van der Waals surface area contributed by atoms with Crippen LogP contribution in [0.4, 0.5) is 5.69 Å². The summed E-state index contributed by atoms with van der Waals surface area (Å²) in [7, 11) is 0. The van der Waals surface area contributed by atoms with Crippen LogP contribution in [0.25, 0.3) is 0 Å². The highest BCUT2D eigenvalue weighted by molar-refractivity contribution is 5.95. The Morgan fingerprint density at radius 3 is 2.64 bits per heavy atom. The van der Waals surface area contributed by atoms with Crippen LogP contribution in [0.15, 0.2) is 35.3 Å². The molecule has 0 unspecified atom stereocenters. The fraction of sp³-hybridized carbons (Fsp3) is 0.438. The van der Waals surface area contributed by atoms with Gasteiger partial charge in [-0.15, -0.1) is 0 Å². The summed E-state index contributed by atoms with van der Waals surface area (Å²) < 4.78 is 0. The van der Waals surface area contributed by atoms with Crippen molar-refractivity contribution < 1.29 is 4.79 Å². The zero-order valence-electron chi connectivity index (χ0n) is 12.6. The first-order chi connectivity index (χ1) is 10.8. The molecule has 1 fully saturated rings. The maximum Gasteiger partial charge on any atom is 0.242 e. The summed E-state index contributed by atoms with van der Waals surface area (Å²) in [5.41, 5.74) is 0.948. The van der Waals surface area contributed by atoms with E-state index in [1.165, 1.54) is 6.42 Å². The number of hydrogen-bond acceptors (Lipinski definition) is 3. The normalized spacial score (nSPS) is 15.0. The zero-order chi connectivity index (χ0) is 15.6. The third kappa shape index (κ3) is 5.09. The van der Waals surface area contributed by atoms with E-state index < -0.39 is 0 Å². The van der Waals surface area contributed by atoms with E-state index >= 15 is 0 Å². The fourth-order valence-corrected chi connectivity index (χ4v) is 2.32. The molecule has 1 aliphatic heterocycles. The number of carbonyl (C=O) groups is 1. The first-order valence-electron chi connectivity index (χ1n) is 7.54. The second-order valence-corrected chi connectivity index (χ2v) is 5.11. The Kier molecular flexibility index (Phi) is 6.24. The zero-order valence-corrected chi connectivity index (χ0v) is 12.6. The van der Waals surface area contributed by atoms with Crippen molar-refractivity contribution in [2.75, 3.05) is 31.5 Å². The van der Waals surface area contributed by atoms with Gasteiger partial charge in [0.25, 0.3) is 0 Å². The minimum Gasteiger partial charge on any atom is -0.343 e. The minimum atomic E-state index is -0.245. The van der Waals surface area contributed by atoms with Gasteiger partial charge in [-0.05, 0) is 31.4 Å². The molecule has 0 bridgehead atoms. The fourth-order valence-electron chi connectivity index (χ4n) is 2.32. The molecule has 1 aromatic rings. The first kappa shape index (κ1) is 15.8. The molecule has 6 heteroatoms. The lowest BCUT2D eigenvalue weighted by Gasteiger charge is -2.30. The molecule has 0 aromatic heterocycles.